The SMILES string of the molecule is CCCCOC(CCC)CNCC(C)C. The highest BCUT2D eigenvalue weighted by atomic mass is 16.5. The first kappa shape index (κ1) is 14.9. The lowest BCUT2D eigenvalue weighted by atomic mass is 10.2. The molecule has 0 bridgehead atoms. The summed E-state index contributed by atoms with van der Waals surface area (Å²) in [6, 6.07) is 0. The van der Waals surface area contributed by atoms with Crippen LogP contribution in [0, 0.1) is 5.92 Å². The van der Waals surface area contributed by atoms with Gasteiger partial charge < -0.3 is 10.1 Å². The molecule has 0 spiro atoms. The lowest BCUT2D eigenvalue weighted by Gasteiger charge is -2.18. The zero-order valence-corrected chi connectivity index (χ0v) is 11.0. The van der Waals surface area contributed by atoms with Crippen molar-refractivity contribution in [1.29, 1.82) is 0 Å². The molecule has 2 heteroatoms. The predicted molar refractivity (Wildman–Crippen MR) is 67.3 cm³/mol. The number of nitrogens with one attached hydrogen (secondary N) is 1. The Morgan fingerprint density at radius 3 is 2.33 bits per heavy atom. The van der Waals surface area contributed by atoms with Crippen molar-refractivity contribution in [1.82, 2.24) is 5.32 Å². The highest BCUT2D eigenvalue weighted by Crippen LogP contribution is 2.03. The van der Waals surface area contributed by atoms with Crippen molar-refractivity contribution < 1.29 is 4.74 Å². The first-order valence-electron chi connectivity index (χ1n) is 6.53. The Labute approximate surface area is 95.8 Å². The summed E-state index contributed by atoms with van der Waals surface area (Å²) >= 11 is 0. The van der Waals surface area contributed by atoms with Gasteiger partial charge in [-0.3, -0.25) is 0 Å². The summed E-state index contributed by atoms with van der Waals surface area (Å²) in [4.78, 5) is 0. The van der Waals surface area contributed by atoms with Crippen molar-refractivity contribution in [2.24, 2.45) is 5.92 Å². The lowest BCUT2D eigenvalue weighted by Crippen LogP contribution is -2.31. The van der Waals surface area contributed by atoms with Crippen LogP contribution in [0.25, 0.3) is 0 Å². The fraction of sp³-hybridized carbons (Fsp3) is 1.00. The highest BCUT2D eigenvalue weighted by molar-refractivity contribution is 4.62. The summed E-state index contributed by atoms with van der Waals surface area (Å²) in [6.07, 6.45) is 5.21. The predicted octanol–water partition coefficient (Wildman–Crippen LogP) is 3.22. The van der Waals surface area contributed by atoms with E-state index in [9.17, 15) is 0 Å². The number of ether oxygens (including phenoxy) is 1. The molecular weight excluding hydrogens is 186 g/mol. The van der Waals surface area contributed by atoms with E-state index >= 15 is 0 Å². The van der Waals surface area contributed by atoms with E-state index in [0.29, 0.717) is 6.10 Å². The van der Waals surface area contributed by atoms with Gasteiger partial charge in [-0.2, -0.15) is 0 Å². The molecule has 0 rings (SSSR count). The van der Waals surface area contributed by atoms with Crippen LogP contribution in [0.15, 0.2) is 0 Å². The van der Waals surface area contributed by atoms with E-state index < -0.39 is 0 Å². The Morgan fingerprint density at radius 2 is 1.80 bits per heavy atom. The van der Waals surface area contributed by atoms with Crippen molar-refractivity contribution in [2.45, 2.75) is 59.5 Å². The van der Waals surface area contributed by atoms with Crippen molar-refractivity contribution in [3.8, 4) is 0 Å². The van der Waals surface area contributed by atoms with Gasteiger partial charge in [0.25, 0.3) is 0 Å². The molecule has 0 aromatic rings. The van der Waals surface area contributed by atoms with E-state index in [2.05, 4.69) is 33.0 Å². The molecule has 0 saturated carbocycles. The second-order valence-electron chi connectivity index (χ2n) is 4.69. The molecule has 1 atom stereocenters. The molecule has 2 nitrogen and oxygen atoms in total. The highest BCUT2D eigenvalue weighted by Gasteiger charge is 2.07. The maximum atomic E-state index is 5.84. The Kier molecular flexibility index (Phi) is 10.4. The summed E-state index contributed by atoms with van der Waals surface area (Å²) in [5, 5.41) is 3.47. The Morgan fingerprint density at radius 1 is 1.07 bits per heavy atom. The first-order valence-corrected chi connectivity index (χ1v) is 6.53. The molecule has 92 valence electrons. The maximum Gasteiger partial charge on any atom is 0.0699 e. The van der Waals surface area contributed by atoms with Gasteiger partial charge in [0, 0.05) is 13.2 Å². The van der Waals surface area contributed by atoms with Crippen LogP contribution in [0.4, 0.5) is 0 Å². The molecule has 0 aromatic carbocycles. The topological polar surface area (TPSA) is 21.3 Å². The average molecular weight is 215 g/mol. The van der Waals surface area contributed by atoms with Gasteiger partial charge in [0.2, 0.25) is 0 Å². The third-order valence-electron chi connectivity index (χ3n) is 2.39. The second kappa shape index (κ2) is 10.4. The number of rotatable bonds is 10. The smallest absolute Gasteiger partial charge is 0.0699 e. The molecule has 0 heterocycles. The average Bonchev–Trinajstić information content (AvgIpc) is 2.17. The van der Waals surface area contributed by atoms with E-state index in [-0.39, 0.29) is 0 Å². The molecule has 0 aliphatic rings. The standard InChI is InChI=1S/C13H29NO/c1-5-7-9-15-13(8-6-2)11-14-10-12(3)4/h12-14H,5-11H2,1-4H3. The second-order valence-corrected chi connectivity index (χ2v) is 4.69. The van der Waals surface area contributed by atoms with Crippen molar-refractivity contribution in [3.63, 3.8) is 0 Å². The molecule has 0 saturated heterocycles. The lowest BCUT2D eigenvalue weighted by molar-refractivity contribution is 0.0449. The number of hydrogen-bond donors (Lipinski definition) is 1. The molecule has 0 radical (unpaired) electrons. The van der Waals surface area contributed by atoms with E-state index in [1.807, 2.05) is 0 Å². The summed E-state index contributed by atoms with van der Waals surface area (Å²) in [5.74, 6) is 0.725. The summed E-state index contributed by atoms with van der Waals surface area (Å²) in [7, 11) is 0. The quantitative estimate of drug-likeness (QED) is 0.565. The molecule has 1 unspecified atom stereocenters. The first-order chi connectivity index (χ1) is 7.20. The molecule has 0 aromatic heterocycles. The molecular formula is C13H29NO. The van der Waals surface area contributed by atoms with Crippen LogP contribution >= 0.6 is 0 Å². The minimum atomic E-state index is 0.417. The van der Waals surface area contributed by atoms with Gasteiger partial charge in [0.15, 0.2) is 0 Å². The van der Waals surface area contributed by atoms with Crippen LogP contribution in [0.3, 0.4) is 0 Å². The Hall–Kier alpha value is -0.0800. The molecule has 0 fully saturated rings. The number of unbranched alkanes of at least 4 members (excludes halogenated alkanes) is 1. The molecule has 15 heavy (non-hydrogen) atoms. The van der Waals surface area contributed by atoms with Gasteiger partial charge in [-0.25, -0.2) is 0 Å². The van der Waals surface area contributed by atoms with Crippen LogP contribution in [-0.2, 0) is 4.74 Å². The van der Waals surface area contributed by atoms with Crippen LogP contribution in [0.5, 0.6) is 0 Å². The fourth-order valence-corrected chi connectivity index (χ4v) is 1.49. The van der Waals surface area contributed by atoms with Gasteiger partial charge in [-0.05, 0) is 25.3 Å². The van der Waals surface area contributed by atoms with Crippen molar-refractivity contribution >= 4 is 0 Å². The molecule has 0 aliphatic carbocycles. The minimum absolute atomic E-state index is 0.417. The van der Waals surface area contributed by atoms with Crippen LogP contribution in [0.2, 0.25) is 0 Å². The van der Waals surface area contributed by atoms with Gasteiger partial charge in [0.1, 0.15) is 0 Å². The van der Waals surface area contributed by atoms with Gasteiger partial charge in [-0.15, -0.1) is 0 Å². The van der Waals surface area contributed by atoms with Crippen LogP contribution in [-0.4, -0.2) is 25.8 Å². The monoisotopic (exact) mass is 215 g/mol. The van der Waals surface area contributed by atoms with Crippen LogP contribution < -0.4 is 5.32 Å². The van der Waals surface area contributed by atoms with Gasteiger partial charge in [-0.1, -0.05) is 40.5 Å². The summed E-state index contributed by atoms with van der Waals surface area (Å²) in [6.45, 7) is 11.9. The van der Waals surface area contributed by atoms with Gasteiger partial charge in [0.05, 0.1) is 6.10 Å². The molecule has 0 aliphatic heterocycles. The molecule has 1 N–H and O–H groups in total. The summed E-state index contributed by atoms with van der Waals surface area (Å²) < 4.78 is 5.84. The normalized spacial score (nSPS) is 13.4. The zero-order chi connectivity index (χ0) is 11.5. The maximum absolute atomic E-state index is 5.84. The van der Waals surface area contributed by atoms with Crippen molar-refractivity contribution in [2.75, 3.05) is 19.7 Å². The fourth-order valence-electron chi connectivity index (χ4n) is 1.49. The third kappa shape index (κ3) is 10.2. The summed E-state index contributed by atoms with van der Waals surface area (Å²) in [5.41, 5.74) is 0. The van der Waals surface area contributed by atoms with E-state index in [4.69, 9.17) is 4.74 Å². The van der Waals surface area contributed by atoms with E-state index in [1.54, 1.807) is 0 Å². The minimum Gasteiger partial charge on any atom is -0.377 e. The van der Waals surface area contributed by atoms with Gasteiger partial charge >= 0.3 is 0 Å². The largest absolute Gasteiger partial charge is 0.377 e. The number of hydrogen-bond acceptors (Lipinski definition) is 2. The third-order valence-corrected chi connectivity index (χ3v) is 2.39. The van der Waals surface area contributed by atoms with Crippen molar-refractivity contribution in [3.05, 3.63) is 0 Å². The van der Waals surface area contributed by atoms with E-state index in [1.165, 1.54) is 25.7 Å². The van der Waals surface area contributed by atoms with E-state index in [0.717, 1.165) is 25.6 Å². The Bertz CT molecular complexity index is 126. The van der Waals surface area contributed by atoms with Crippen LogP contribution in [0.1, 0.15) is 53.4 Å². The molecule has 0 amide bonds. The zero-order valence-electron chi connectivity index (χ0n) is 11.0. The Balaban J connectivity index is 3.53.